The Morgan fingerprint density at radius 1 is 1.11 bits per heavy atom. The fourth-order valence-corrected chi connectivity index (χ4v) is 6.07. The molecule has 35 heavy (non-hydrogen) atoms. The molecule has 1 amide bonds. The largest absolute Gasteiger partial charge is 0.311 e. The van der Waals surface area contributed by atoms with Crippen LogP contribution < -0.4 is 10.5 Å². The number of carbonyl (C=O) groups excluding carboxylic acids is 1. The van der Waals surface area contributed by atoms with Gasteiger partial charge in [0.25, 0.3) is 5.56 Å². The number of thioether (sulfide) groups is 2. The molecule has 3 aromatic carbocycles. The first-order valence-electron chi connectivity index (χ1n) is 11.3. The number of hydrogen-bond acceptors (Lipinski definition) is 6. The number of fused-ring (bicyclic) bond motifs is 2. The van der Waals surface area contributed by atoms with E-state index in [4.69, 9.17) is 10.2 Å². The fourth-order valence-electron chi connectivity index (χ4n) is 4.07. The summed E-state index contributed by atoms with van der Waals surface area (Å²) in [4.78, 5) is 34.6. The van der Waals surface area contributed by atoms with Gasteiger partial charge in [0.05, 0.1) is 39.7 Å². The van der Waals surface area contributed by atoms with Crippen LogP contribution in [0.4, 0.5) is 5.69 Å². The molecule has 0 saturated carbocycles. The molecule has 1 atom stereocenters. The van der Waals surface area contributed by atoms with Crippen LogP contribution in [0.15, 0.2) is 87.6 Å². The number of aromatic nitrogens is 2. The minimum Gasteiger partial charge on any atom is -0.311 e. The van der Waals surface area contributed by atoms with E-state index >= 15 is 0 Å². The molecule has 5 rings (SSSR count). The lowest BCUT2D eigenvalue weighted by Gasteiger charge is -2.22. The van der Waals surface area contributed by atoms with Gasteiger partial charge in [0.15, 0.2) is 5.16 Å². The van der Waals surface area contributed by atoms with E-state index in [2.05, 4.69) is 19.1 Å². The summed E-state index contributed by atoms with van der Waals surface area (Å²) in [5.74, 6) is 0.125. The number of rotatable bonds is 4. The van der Waals surface area contributed by atoms with E-state index in [0.29, 0.717) is 39.1 Å². The molecule has 0 N–H and O–H groups in total. The Balaban J connectivity index is 1.50. The maximum Gasteiger partial charge on any atom is 0.266 e. The molecule has 0 unspecified atom stereocenters. The summed E-state index contributed by atoms with van der Waals surface area (Å²) in [5, 5.41) is 10.5. The molecule has 6 nitrogen and oxygen atoms in total. The van der Waals surface area contributed by atoms with Gasteiger partial charge in [-0.05, 0) is 55.0 Å². The maximum atomic E-state index is 13.4. The fraction of sp³-hybridized carbons (Fsp3) is 0.185. The SMILES string of the molecule is C[C@H]1CCN(C(=O)CSc2nc3ccccc3c(=O)n2-c2ccc(C#N)cc2)c2ccccc2S1. The summed E-state index contributed by atoms with van der Waals surface area (Å²) in [6, 6.07) is 24.1. The molecule has 0 aliphatic carbocycles. The molecule has 0 radical (unpaired) electrons. The van der Waals surface area contributed by atoms with Gasteiger partial charge < -0.3 is 4.90 Å². The molecular formula is C27H22N4O2S2. The van der Waals surface area contributed by atoms with Crippen molar-refractivity contribution in [3.63, 3.8) is 0 Å². The zero-order valence-electron chi connectivity index (χ0n) is 19.0. The Morgan fingerprint density at radius 3 is 2.66 bits per heavy atom. The summed E-state index contributed by atoms with van der Waals surface area (Å²) in [5.41, 5.74) is 2.42. The van der Waals surface area contributed by atoms with Crippen LogP contribution in [0, 0.1) is 11.3 Å². The first-order valence-corrected chi connectivity index (χ1v) is 13.1. The zero-order valence-corrected chi connectivity index (χ0v) is 20.7. The van der Waals surface area contributed by atoms with Gasteiger partial charge in [-0.15, -0.1) is 11.8 Å². The van der Waals surface area contributed by atoms with Crippen molar-refractivity contribution in [1.82, 2.24) is 9.55 Å². The number of para-hydroxylation sites is 2. The van der Waals surface area contributed by atoms with E-state index in [1.807, 2.05) is 29.2 Å². The lowest BCUT2D eigenvalue weighted by Crippen LogP contribution is -2.34. The maximum absolute atomic E-state index is 13.4. The number of benzene rings is 3. The first-order chi connectivity index (χ1) is 17.0. The smallest absolute Gasteiger partial charge is 0.266 e. The van der Waals surface area contributed by atoms with Crippen LogP contribution in [0.3, 0.4) is 0 Å². The van der Waals surface area contributed by atoms with E-state index < -0.39 is 0 Å². The average molecular weight is 499 g/mol. The summed E-state index contributed by atoms with van der Waals surface area (Å²) in [6.07, 6.45) is 0.903. The minimum absolute atomic E-state index is 0.0223. The number of hydrogen-bond donors (Lipinski definition) is 0. The zero-order chi connectivity index (χ0) is 24.4. The second kappa shape index (κ2) is 9.98. The van der Waals surface area contributed by atoms with Gasteiger partial charge >= 0.3 is 0 Å². The molecule has 1 aliphatic heterocycles. The summed E-state index contributed by atoms with van der Waals surface area (Å²) < 4.78 is 1.52. The van der Waals surface area contributed by atoms with Crippen LogP contribution in [0.2, 0.25) is 0 Å². The highest BCUT2D eigenvalue weighted by molar-refractivity contribution is 8.00. The molecule has 0 spiro atoms. The number of nitriles is 1. The second-order valence-electron chi connectivity index (χ2n) is 8.23. The normalized spacial score (nSPS) is 15.3. The van der Waals surface area contributed by atoms with Crippen molar-refractivity contribution in [2.45, 2.75) is 28.6 Å². The number of carbonyl (C=O) groups is 1. The van der Waals surface area contributed by atoms with Gasteiger partial charge in [-0.25, -0.2) is 4.98 Å². The van der Waals surface area contributed by atoms with Gasteiger partial charge in [-0.3, -0.25) is 14.2 Å². The van der Waals surface area contributed by atoms with Gasteiger partial charge in [-0.2, -0.15) is 5.26 Å². The van der Waals surface area contributed by atoms with Crippen LogP contribution in [0.1, 0.15) is 18.9 Å². The van der Waals surface area contributed by atoms with Gasteiger partial charge in [0, 0.05) is 16.7 Å². The molecule has 0 saturated heterocycles. The van der Waals surface area contributed by atoms with Crippen LogP contribution in [-0.2, 0) is 4.79 Å². The third-order valence-electron chi connectivity index (χ3n) is 5.87. The molecule has 1 aliphatic rings. The van der Waals surface area contributed by atoms with Crippen LogP contribution in [0.25, 0.3) is 16.6 Å². The predicted molar refractivity (Wildman–Crippen MR) is 142 cm³/mol. The molecule has 174 valence electrons. The topological polar surface area (TPSA) is 79.0 Å². The van der Waals surface area contributed by atoms with Gasteiger partial charge in [-0.1, -0.05) is 43.0 Å². The van der Waals surface area contributed by atoms with E-state index in [1.54, 1.807) is 54.2 Å². The predicted octanol–water partition coefficient (Wildman–Crippen LogP) is 5.27. The van der Waals surface area contributed by atoms with Crippen LogP contribution >= 0.6 is 23.5 Å². The molecule has 0 fully saturated rings. The van der Waals surface area contributed by atoms with Crippen molar-refractivity contribution in [2.75, 3.05) is 17.2 Å². The van der Waals surface area contributed by atoms with Crippen molar-refractivity contribution in [3.05, 3.63) is 88.7 Å². The molecular weight excluding hydrogens is 476 g/mol. The average Bonchev–Trinajstić information content (AvgIpc) is 3.05. The molecule has 0 bridgehead atoms. The molecule has 2 heterocycles. The highest BCUT2D eigenvalue weighted by atomic mass is 32.2. The lowest BCUT2D eigenvalue weighted by atomic mass is 10.2. The van der Waals surface area contributed by atoms with Crippen molar-refractivity contribution in [1.29, 1.82) is 5.26 Å². The van der Waals surface area contributed by atoms with Crippen LogP contribution in [-0.4, -0.2) is 33.0 Å². The molecule has 1 aromatic heterocycles. The Kier molecular flexibility index (Phi) is 6.62. The lowest BCUT2D eigenvalue weighted by molar-refractivity contribution is -0.116. The minimum atomic E-state index is -0.208. The highest BCUT2D eigenvalue weighted by Crippen LogP contribution is 2.37. The number of amides is 1. The molecule has 8 heteroatoms. The Morgan fingerprint density at radius 2 is 1.86 bits per heavy atom. The van der Waals surface area contributed by atoms with Gasteiger partial charge in [0.2, 0.25) is 5.91 Å². The van der Waals surface area contributed by atoms with Crippen molar-refractivity contribution >= 4 is 46.0 Å². The third-order valence-corrected chi connectivity index (χ3v) is 8.03. The monoisotopic (exact) mass is 498 g/mol. The Bertz CT molecular complexity index is 1510. The Hall–Kier alpha value is -3.54. The van der Waals surface area contributed by atoms with Crippen molar-refractivity contribution in [3.8, 4) is 11.8 Å². The second-order valence-corrected chi connectivity index (χ2v) is 10.7. The van der Waals surface area contributed by atoms with Crippen molar-refractivity contribution < 1.29 is 4.79 Å². The van der Waals surface area contributed by atoms with Gasteiger partial charge in [0.1, 0.15) is 0 Å². The third kappa shape index (κ3) is 4.70. The number of anilines is 1. The highest BCUT2D eigenvalue weighted by Gasteiger charge is 2.25. The van der Waals surface area contributed by atoms with E-state index in [0.717, 1.165) is 17.0 Å². The standard InChI is InChI=1S/C27H22N4O2S2/c1-18-14-15-30(23-8-4-5-9-24(23)35-18)25(32)17-34-27-29-22-7-3-2-6-21(22)26(33)31(27)20-12-10-19(16-28)11-13-20/h2-13,18H,14-15,17H2,1H3/t18-/m0/s1. The van der Waals surface area contributed by atoms with Crippen LogP contribution in [0.5, 0.6) is 0 Å². The quantitative estimate of drug-likeness (QED) is 0.282. The first kappa shape index (κ1) is 23.2. The van der Waals surface area contributed by atoms with Crippen molar-refractivity contribution in [2.24, 2.45) is 0 Å². The van der Waals surface area contributed by atoms with E-state index in [9.17, 15) is 9.59 Å². The van der Waals surface area contributed by atoms with E-state index in [-0.39, 0.29) is 17.2 Å². The summed E-state index contributed by atoms with van der Waals surface area (Å²) in [7, 11) is 0. The summed E-state index contributed by atoms with van der Waals surface area (Å²) in [6.45, 7) is 2.83. The Labute approximate surface area is 211 Å². The van der Waals surface area contributed by atoms with E-state index in [1.165, 1.54) is 16.3 Å². The number of nitrogens with zero attached hydrogens (tertiary/aromatic N) is 4. The molecule has 4 aromatic rings. The summed E-state index contributed by atoms with van der Waals surface area (Å²) >= 11 is 3.05.